The van der Waals surface area contributed by atoms with Gasteiger partial charge in [0.15, 0.2) is 5.96 Å². The predicted octanol–water partition coefficient (Wildman–Crippen LogP) is 2.59. The highest BCUT2D eigenvalue weighted by Gasteiger charge is 2.17. The van der Waals surface area contributed by atoms with Crippen LogP contribution in [0.2, 0.25) is 0 Å². The minimum atomic E-state index is 0.118. The highest BCUT2D eigenvalue weighted by Crippen LogP contribution is 2.23. The summed E-state index contributed by atoms with van der Waals surface area (Å²) in [4.78, 5) is 8.99. The molecule has 1 aromatic heterocycles. The van der Waals surface area contributed by atoms with Crippen LogP contribution in [0.15, 0.2) is 10.4 Å². The molecule has 1 unspecified atom stereocenters. The van der Waals surface area contributed by atoms with E-state index in [1.165, 1.54) is 10.7 Å². The van der Waals surface area contributed by atoms with Gasteiger partial charge in [0.1, 0.15) is 0 Å². The number of hydrogen-bond acceptors (Lipinski definition) is 5. The summed E-state index contributed by atoms with van der Waals surface area (Å²) in [5.74, 6) is 1.42. The molecule has 26 heavy (non-hydrogen) atoms. The second-order valence-corrected chi connectivity index (χ2v) is 8.65. The molecule has 0 aromatic carbocycles. The number of rotatable bonds is 9. The Kier molecular flexibility index (Phi) is 8.81. The molecule has 2 rings (SSSR count). The zero-order valence-electron chi connectivity index (χ0n) is 16.6. The van der Waals surface area contributed by atoms with Crippen molar-refractivity contribution in [3.8, 4) is 0 Å². The summed E-state index contributed by atoms with van der Waals surface area (Å²) in [5.41, 5.74) is 1.29. The Balaban J connectivity index is 1.54. The zero-order chi connectivity index (χ0) is 18.8. The van der Waals surface area contributed by atoms with E-state index in [-0.39, 0.29) is 5.41 Å². The van der Waals surface area contributed by atoms with Gasteiger partial charge in [-0.1, -0.05) is 20.8 Å². The molecular weight excluding hydrogens is 348 g/mol. The third-order valence-corrected chi connectivity index (χ3v) is 5.22. The van der Waals surface area contributed by atoms with Crippen LogP contribution < -0.4 is 10.6 Å². The highest BCUT2D eigenvalue weighted by molar-refractivity contribution is 7.09. The van der Waals surface area contributed by atoms with Gasteiger partial charge in [0.05, 0.1) is 23.9 Å². The summed E-state index contributed by atoms with van der Waals surface area (Å²) in [6.07, 6.45) is 3.01. The number of aliphatic imine (C=N–C) groups is 1. The maximum absolute atomic E-state index is 5.71. The van der Waals surface area contributed by atoms with Crippen molar-refractivity contribution < 1.29 is 9.47 Å². The van der Waals surface area contributed by atoms with Crippen LogP contribution in [0.1, 0.15) is 44.3 Å². The van der Waals surface area contributed by atoms with Crippen LogP contribution in [0.5, 0.6) is 0 Å². The van der Waals surface area contributed by atoms with E-state index in [1.54, 1.807) is 18.4 Å². The van der Waals surface area contributed by atoms with Gasteiger partial charge < -0.3 is 20.1 Å². The Labute approximate surface area is 161 Å². The summed E-state index contributed by atoms with van der Waals surface area (Å²) in [5, 5.41) is 10.0. The molecule has 0 spiro atoms. The average molecular weight is 383 g/mol. The van der Waals surface area contributed by atoms with Crippen LogP contribution in [0.25, 0.3) is 0 Å². The monoisotopic (exact) mass is 382 g/mol. The first-order chi connectivity index (χ1) is 12.5. The second kappa shape index (κ2) is 10.8. The quantitative estimate of drug-likeness (QED) is 0.390. The normalized spacial score (nSPS) is 18.3. The van der Waals surface area contributed by atoms with Crippen molar-refractivity contribution in [1.82, 2.24) is 15.6 Å². The van der Waals surface area contributed by atoms with E-state index >= 15 is 0 Å². The molecule has 0 amide bonds. The van der Waals surface area contributed by atoms with Crippen LogP contribution in [0, 0.1) is 5.92 Å². The van der Waals surface area contributed by atoms with Gasteiger partial charge in [0, 0.05) is 56.5 Å². The minimum Gasteiger partial charge on any atom is -0.381 e. The van der Waals surface area contributed by atoms with E-state index in [0.29, 0.717) is 5.92 Å². The number of thiazole rings is 1. The first-order valence-electron chi connectivity index (χ1n) is 9.54. The lowest BCUT2D eigenvalue weighted by Crippen LogP contribution is -2.39. The van der Waals surface area contributed by atoms with Crippen LogP contribution in [0.3, 0.4) is 0 Å². The van der Waals surface area contributed by atoms with Crippen LogP contribution in [-0.4, -0.2) is 57.5 Å². The molecule has 148 valence electrons. The third-order valence-electron chi connectivity index (χ3n) is 4.31. The first kappa shape index (κ1) is 21.1. The fraction of sp³-hybridized carbons (Fsp3) is 0.789. The number of nitrogens with zero attached hydrogens (tertiary/aromatic N) is 2. The summed E-state index contributed by atoms with van der Waals surface area (Å²) >= 11 is 1.74. The van der Waals surface area contributed by atoms with Gasteiger partial charge in [0.25, 0.3) is 0 Å². The summed E-state index contributed by atoms with van der Waals surface area (Å²) in [6.45, 7) is 11.6. The van der Waals surface area contributed by atoms with Gasteiger partial charge in [-0.3, -0.25) is 4.99 Å². The van der Waals surface area contributed by atoms with Crippen LogP contribution in [0.4, 0.5) is 0 Å². The fourth-order valence-electron chi connectivity index (χ4n) is 2.62. The Hall–Kier alpha value is -1.18. The average Bonchev–Trinajstić information content (AvgIpc) is 3.27. The lowest BCUT2D eigenvalue weighted by molar-refractivity contribution is 0.0888. The molecule has 0 saturated carbocycles. The van der Waals surface area contributed by atoms with Gasteiger partial charge in [-0.25, -0.2) is 4.98 Å². The van der Waals surface area contributed by atoms with Gasteiger partial charge >= 0.3 is 0 Å². The second-order valence-electron chi connectivity index (χ2n) is 7.71. The molecule has 1 fully saturated rings. The van der Waals surface area contributed by atoms with Crippen molar-refractivity contribution in [3.63, 3.8) is 0 Å². The van der Waals surface area contributed by atoms with E-state index in [9.17, 15) is 0 Å². The maximum atomic E-state index is 5.71. The Morgan fingerprint density at radius 3 is 2.85 bits per heavy atom. The van der Waals surface area contributed by atoms with Gasteiger partial charge in [-0.2, -0.15) is 0 Å². The Morgan fingerprint density at radius 1 is 1.38 bits per heavy atom. The van der Waals surface area contributed by atoms with E-state index < -0.39 is 0 Å². The highest BCUT2D eigenvalue weighted by atomic mass is 32.1. The third kappa shape index (κ3) is 7.60. The van der Waals surface area contributed by atoms with Crippen LogP contribution in [-0.2, 0) is 21.3 Å². The van der Waals surface area contributed by atoms with E-state index in [0.717, 1.165) is 64.7 Å². The lowest BCUT2D eigenvalue weighted by Gasteiger charge is -2.14. The SMILES string of the molecule is CN=C(NCCCOCC1CCOC1)NCCc1nc(C(C)(C)C)cs1. The number of guanidine groups is 1. The summed E-state index contributed by atoms with van der Waals surface area (Å²) in [6, 6.07) is 0. The van der Waals surface area contributed by atoms with Crippen molar-refractivity contribution in [3.05, 3.63) is 16.1 Å². The Morgan fingerprint density at radius 2 is 2.19 bits per heavy atom. The van der Waals surface area contributed by atoms with Crippen molar-refractivity contribution in [2.24, 2.45) is 10.9 Å². The number of aromatic nitrogens is 1. The van der Waals surface area contributed by atoms with Gasteiger partial charge in [-0.15, -0.1) is 11.3 Å². The van der Waals surface area contributed by atoms with Crippen molar-refractivity contribution in [2.45, 2.75) is 45.4 Å². The maximum Gasteiger partial charge on any atom is 0.190 e. The van der Waals surface area contributed by atoms with E-state index in [2.05, 4.69) is 41.8 Å². The molecule has 1 atom stereocenters. The Bertz CT molecular complexity index is 548. The predicted molar refractivity (Wildman–Crippen MR) is 108 cm³/mol. The van der Waals surface area contributed by atoms with Gasteiger partial charge in [-0.05, 0) is 12.8 Å². The van der Waals surface area contributed by atoms with Crippen molar-refractivity contribution >= 4 is 17.3 Å². The molecule has 0 bridgehead atoms. The standard InChI is InChI=1S/C19H34N4O2S/c1-19(2,3)16-14-26-17(23-16)6-9-22-18(20-4)21-8-5-10-24-12-15-7-11-25-13-15/h14-15H,5-13H2,1-4H3,(H2,20,21,22). The van der Waals surface area contributed by atoms with Gasteiger partial charge in [0.2, 0.25) is 0 Å². The van der Waals surface area contributed by atoms with Crippen molar-refractivity contribution in [2.75, 3.05) is 46.6 Å². The molecule has 0 radical (unpaired) electrons. The summed E-state index contributed by atoms with van der Waals surface area (Å²) < 4.78 is 11.1. The fourth-order valence-corrected chi connectivity index (χ4v) is 3.65. The molecule has 1 saturated heterocycles. The van der Waals surface area contributed by atoms with E-state index in [1.807, 2.05) is 0 Å². The van der Waals surface area contributed by atoms with E-state index in [4.69, 9.17) is 14.5 Å². The first-order valence-corrected chi connectivity index (χ1v) is 10.4. The number of hydrogen-bond donors (Lipinski definition) is 2. The number of ether oxygens (including phenoxy) is 2. The molecule has 7 heteroatoms. The molecule has 1 aliphatic rings. The number of nitrogens with one attached hydrogen (secondary N) is 2. The molecule has 6 nitrogen and oxygen atoms in total. The topological polar surface area (TPSA) is 67.8 Å². The molecule has 1 aromatic rings. The molecular formula is C19H34N4O2S. The smallest absolute Gasteiger partial charge is 0.190 e. The van der Waals surface area contributed by atoms with Crippen LogP contribution >= 0.6 is 11.3 Å². The van der Waals surface area contributed by atoms with Crippen molar-refractivity contribution in [1.29, 1.82) is 0 Å². The molecule has 2 N–H and O–H groups in total. The largest absolute Gasteiger partial charge is 0.381 e. The molecule has 0 aliphatic carbocycles. The molecule has 2 heterocycles. The minimum absolute atomic E-state index is 0.118. The lowest BCUT2D eigenvalue weighted by atomic mass is 9.93. The summed E-state index contributed by atoms with van der Waals surface area (Å²) in [7, 11) is 1.80. The molecule has 1 aliphatic heterocycles. The zero-order valence-corrected chi connectivity index (χ0v) is 17.5.